The minimum atomic E-state index is 0.489. The van der Waals surface area contributed by atoms with Gasteiger partial charge in [-0.1, -0.05) is 44.6 Å². The molecule has 2 fully saturated rings. The van der Waals surface area contributed by atoms with Crippen LogP contribution in [-0.4, -0.2) is 5.11 Å². The van der Waals surface area contributed by atoms with Crippen molar-refractivity contribution in [3.8, 4) is 5.75 Å². The van der Waals surface area contributed by atoms with Crippen LogP contribution in [0.25, 0.3) is 0 Å². The highest BCUT2D eigenvalue weighted by Gasteiger charge is 2.20. The third-order valence-corrected chi connectivity index (χ3v) is 5.12. The molecule has 104 valence electrons. The highest BCUT2D eigenvalue weighted by atomic mass is 16.3. The van der Waals surface area contributed by atoms with E-state index in [1.54, 1.807) is 0 Å². The molecule has 0 heterocycles. The molecule has 0 amide bonds. The Hall–Kier alpha value is -0.980. The number of phenolic OH excluding ortho intramolecular Hbond substituents is 1. The summed E-state index contributed by atoms with van der Waals surface area (Å²) >= 11 is 0. The van der Waals surface area contributed by atoms with Crippen molar-refractivity contribution < 1.29 is 5.11 Å². The lowest BCUT2D eigenvalue weighted by atomic mass is 9.80. The smallest absolute Gasteiger partial charge is 0.116 e. The van der Waals surface area contributed by atoms with Crippen molar-refractivity contribution >= 4 is 0 Å². The Morgan fingerprint density at radius 2 is 1.05 bits per heavy atom. The third-order valence-electron chi connectivity index (χ3n) is 5.12. The summed E-state index contributed by atoms with van der Waals surface area (Å²) in [5.41, 5.74) is 2.81. The summed E-state index contributed by atoms with van der Waals surface area (Å²) in [5.74, 6) is 1.88. The summed E-state index contributed by atoms with van der Waals surface area (Å²) in [6.07, 6.45) is 13.5. The van der Waals surface area contributed by atoms with E-state index in [0.717, 1.165) is 0 Å². The van der Waals surface area contributed by atoms with Gasteiger partial charge in [-0.05, 0) is 60.8 Å². The Morgan fingerprint density at radius 3 is 1.47 bits per heavy atom. The zero-order valence-corrected chi connectivity index (χ0v) is 11.9. The largest absolute Gasteiger partial charge is 0.508 e. The van der Waals surface area contributed by atoms with Crippen molar-refractivity contribution in [2.24, 2.45) is 0 Å². The lowest BCUT2D eigenvalue weighted by Crippen LogP contribution is -2.08. The van der Waals surface area contributed by atoms with Crippen molar-refractivity contribution in [2.45, 2.75) is 76.0 Å². The second kappa shape index (κ2) is 5.98. The molecule has 0 bridgehead atoms. The maximum absolute atomic E-state index is 10.1. The first-order chi connectivity index (χ1) is 9.33. The molecule has 0 aliphatic heterocycles. The van der Waals surface area contributed by atoms with E-state index in [9.17, 15) is 5.11 Å². The third kappa shape index (κ3) is 3.13. The maximum atomic E-state index is 10.1. The maximum Gasteiger partial charge on any atom is 0.116 e. The number of aromatic hydroxyl groups is 1. The van der Waals surface area contributed by atoms with Crippen molar-refractivity contribution in [3.63, 3.8) is 0 Å². The predicted molar refractivity (Wildman–Crippen MR) is 79.8 cm³/mol. The van der Waals surface area contributed by atoms with Crippen molar-refractivity contribution in [1.29, 1.82) is 0 Å². The lowest BCUT2D eigenvalue weighted by Gasteiger charge is -2.26. The van der Waals surface area contributed by atoms with Crippen LogP contribution in [0.2, 0.25) is 0 Å². The van der Waals surface area contributed by atoms with E-state index in [1.807, 2.05) is 12.1 Å². The second-order valence-corrected chi connectivity index (χ2v) is 6.53. The van der Waals surface area contributed by atoms with Crippen LogP contribution in [0.3, 0.4) is 0 Å². The van der Waals surface area contributed by atoms with E-state index in [4.69, 9.17) is 0 Å². The first-order valence-corrected chi connectivity index (χ1v) is 8.17. The molecule has 0 radical (unpaired) electrons. The van der Waals surface area contributed by atoms with E-state index >= 15 is 0 Å². The summed E-state index contributed by atoms with van der Waals surface area (Å²) in [4.78, 5) is 0. The van der Waals surface area contributed by atoms with Gasteiger partial charge in [0.05, 0.1) is 0 Å². The standard InChI is InChI=1S/C18H26O/c19-18-12-16(14-7-3-1-4-8-14)11-17(13-18)15-9-5-2-6-10-15/h11-15,19H,1-10H2. The van der Waals surface area contributed by atoms with Crippen molar-refractivity contribution in [1.82, 2.24) is 0 Å². The number of phenols is 1. The average molecular weight is 258 g/mol. The van der Waals surface area contributed by atoms with Crippen LogP contribution >= 0.6 is 0 Å². The SMILES string of the molecule is Oc1cc(C2CCCCC2)cc(C2CCCCC2)c1. The van der Waals surface area contributed by atoms with Gasteiger partial charge in [0.15, 0.2) is 0 Å². The summed E-state index contributed by atoms with van der Waals surface area (Å²) in [6, 6.07) is 6.44. The molecule has 19 heavy (non-hydrogen) atoms. The van der Waals surface area contributed by atoms with Crippen LogP contribution < -0.4 is 0 Å². The molecule has 1 aromatic carbocycles. The van der Waals surface area contributed by atoms with Gasteiger partial charge in [-0.25, -0.2) is 0 Å². The lowest BCUT2D eigenvalue weighted by molar-refractivity contribution is 0.427. The summed E-state index contributed by atoms with van der Waals surface area (Å²) in [6.45, 7) is 0. The molecular weight excluding hydrogens is 232 g/mol. The fourth-order valence-electron chi connectivity index (χ4n) is 4.00. The van der Waals surface area contributed by atoms with Crippen molar-refractivity contribution in [3.05, 3.63) is 29.3 Å². The second-order valence-electron chi connectivity index (χ2n) is 6.53. The number of rotatable bonds is 2. The molecule has 1 nitrogen and oxygen atoms in total. The van der Waals surface area contributed by atoms with Crippen LogP contribution in [0.15, 0.2) is 18.2 Å². The molecule has 0 atom stereocenters. The zero-order valence-electron chi connectivity index (χ0n) is 11.9. The fourth-order valence-corrected chi connectivity index (χ4v) is 4.00. The Balaban J connectivity index is 1.82. The molecule has 1 heteroatoms. The Kier molecular flexibility index (Phi) is 4.10. The molecule has 0 spiro atoms. The summed E-state index contributed by atoms with van der Waals surface area (Å²) in [7, 11) is 0. The van der Waals surface area contributed by atoms with Gasteiger partial charge in [0, 0.05) is 0 Å². The average Bonchev–Trinajstić information content (AvgIpc) is 2.48. The molecule has 1 N–H and O–H groups in total. The highest BCUT2D eigenvalue weighted by Crippen LogP contribution is 2.39. The number of hydrogen-bond acceptors (Lipinski definition) is 1. The molecule has 2 aliphatic rings. The Labute approximate surface area is 117 Å². The van der Waals surface area contributed by atoms with E-state index in [-0.39, 0.29) is 0 Å². The number of hydrogen-bond donors (Lipinski definition) is 1. The van der Waals surface area contributed by atoms with E-state index in [0.29, 0.717) is 17.6 Å². The molecule has 3 rings (SSSR count). The number of benzene rings is 1. The normalized spacial score (nSPS) is 22.5. The first-order valence-electron chi connectivity index (χ1n) is 8.17. The molecule has 0 saturated heterocycles. The van der Waals surface area contributed by atoms with Gasteiger partial charge < -0.3 is 5.11 Å². The van der Waals surface area contributed by atoms with Crippen LogP contribution in [0.5, 0.6) is 5.75 Å². The Bertz CT molecular complexity index is 375. The van der Waals surface area contributed by atoms with Crippen LogP contribution in [0.4, 0.5) is 0 Å². The monoisotopic (exact) mass is 258 g/mol. The van der Waals surface area contributed by atoms with Gasteiger partial charge in [-0.2, -0.15) is 0 Å². The predicted octanol–water partition coefficient (Wildman–Crippen LogP) is 5.49. The van der Waals surface area contributed by atoms with Gasteiger partial charge in [0.1, 0.15) is 5.75 Å². The summed E-state index contributed by atoms with van der Waals surface area (Å²) in [5, 5.41) is 10.1. The molecule has 2 aliphatic carbocycles. The minimum Gasteiger partial charge on any atom is -0.508 e. The van der Waals surface area contributed by atoms with E-state index < -0.39 is 0 Å². The van der Waals surface area contributed by atoms with Gasteiger partial charge in [-0.15, -0.1) is 0 Å². The van der Waals surface area contributed by atoms with Gasteiger partial charge in [-0.3, -0.25) is 0 Å². The van der Waals surface area contributed by atoms with Gasteiger partial charge in [0.25, 0.3) is 0 Å². The Morgan fingerprint density at radius 1 is 0.632 bits per heavy atom. The van der Waals surface area contributed by atoms with Crippen LogP contribution in [0, 0.1) is 0 Å². The molecule has 0 unspecified atom stereocenters. The van der Waals surface area contributed by atoms with Gasteiger partial charge in [0.2, 0.25) is 0 Å². The molecular formula is C18H26O. The molecule has 1 aromatic rings. The first kappa shape index (κ1) is 13.0. The van der Waals surface area contributed by atoms with Crippen LogP contribution in [0.1, 0.15) is 87.2 Å². The molecule has 0 aromatic heterocycles. The van der Waals surface area contributed by atoms with E-state index in [1.165, 1.54) is 75.3 Å². The van der Waals surface area contributed by atoms with E-state index in [2.05, 4.69) is 6.07 Å². The van der Waals surface area contributed by atoms with Gasteiger partial charge >= 0.3 is 0 Å². The van der Waals surface area contributed by atoms with Crippen LogP contribution in [-0.2, 0) is 0 Å². The molecule has 2 saturated carbocycles. The minimum absolute atomic E-state index is 0.489. The zero-order chi connectivity index (χ0) is 13.1. The van der Waals surface area contributed by atoms with Crippen molar-refractivity contribution in [2.75, 3.05) is 0 Å². The highest BCUT2D eigenvalue weighted by molar-refractivity contribution is 5.37. The topological polar surface area (TPSA) is 20.2 Å². The fraction of sp³-hybridized carbons (Fsp3) is 0.667. The summed E-state index contributed by atoms with van der Waals surface area (Å²) < 4.78 is 0. The quantitative estimate of drug-likeness (QED) is 0.744.